The predicted molar refractivity (Wildman–Crippen MR) is 108 cm³/mol. The average Bonchev–Trinajstić information content (AvgIpc) is 3.19. The number of methoxy groups -OCH3 is 2. The number of hydrogen-bond acceptors (Lipinski definition) is 7. The molecule has 3 rings (SSSR count). The zero-order chi connectivity index (χ0) is 22.1. The quantitative estimate of drug-likeness (QED) is 0.334. The van der Waals surface area contributed by atoms with Gasteiger partial charge in [-0.25, -0.2) is 17.2 Å². The Morgan fingerprint density at radius 3 is 2.33 bits per heavy atom. The largest absolute Gasteiger partial charge is 0.490 e. The first kappa shape index (κ1) is 21.1. The molecule has 0 spiro atoms. The highest BCUT2D eigenvalue weighted by Crippen LogP contribution is 2.39. The van der Waals surface area contributed by atoms with Crippen LogP contribution in [-0.2, 0) is 14.8 Å². The molecule has 0 aliphatic heterocycles. The van der Waals surface area contributed by atoms with Crippen LogP contribution in [0.4, 0.5) is 5.69 Å². The fourth-order valence-corrected chi connectivity index (χ4v) is 4.32. The third-order valence-corrected chi connectivity index (χ3v) is 6.15. The van der Waals surface area contributed by atoms with E-state index in [9.17, 15) is 23.3 Å². The van der Waals surface area contributed by atoms with Gasteiger partial charge >= 0.3 is 11.7 Å². The first-order valence-electron chi connectivity index (χ1n) is 8.65. The molecule has 2 aromatic carbocycles. The molecule has 0 bridgehead atoms. The third kappa shape index (κ3) is 3.64. The highest BCUT2D eigenvalue weighted by molar-refractivity contribution is 7.90. The van der Waals surface area contributed by atoms with E-state index in [4.69, 9.17) is 9.47 Å². The van der Waals surface area contributed by atoms with Gasteiger partial charge in [0.2, 0.25) is 5.75 Å². The van der Waals surface area contributed by atoms with Gasteiger partial charge in [-0.05, 0) is 25.1 Å². The van der Waals surface area contributed by atoms with E-state index in [0.29, 0.717) is 0 Å². The number of rotatable bonds is 6. The number of aryl methyl sites for hydroxylation is 1. The summed E-state index contributed by atoms with van der Waals surface area (Å²) in [5.74, 6) is -0.926. The molecule has 156 valence electrons. The van der Waals surface area contributed by atoms with Crippen LogP contribution in [-0.4, -0.2) is 37.5 Å². The molecule has 1 heterocycles. The zero-order valence-corrected chi connectivity index (χ0v) is 17.2. The molecular weight excluding hydrogens is 412 g/mol. The molecule has 1 aromatic heterocycles. The maximum absolute atomic E-state index is 13.2. The minimum Gasteiger partial charge on any atom is -0.490 e. The van der Waals surface area contributed by atoms with Gasteiger partial charge in [-0.1, -0.05) is 29.8 Å². The molecule has 0 atom stereocenters. The Morgan fingerprint density at radius 2 is 1.77 bits per heavy atom. The lowest BCUT2D eigenvalue weighted by molar-refractivity contribution is -0.385. The van der Waals surface area contributed by atoms with Crippen molar-refractivity contribution in [1.29, 1.82) is 0 Å². The molecule has 0 radical (unpaired) electrons. The summed E-state index contributed by atoms with van der Waals surface area (Å²) in [6, 6.07) is 11.7. The molecule has 0 aliphatic rings. The first-order valence-corrected chi connectivity index (χ1v) is 10.1. The molecule has 0 fully saturated rings. The van der Waals surface area contributed by atoms with E-state index in [-0.39, 0.29) is 33.2 Å². The fraction of sp³-hybridized carbons (Fsp3) is 0.150. The topological polar surface area (TPSA) is 118 Å². The molecule has 0 unspecified atom stereocenters. The average molecular weight is 430 g/mol. The minimum atomic E-state index is -4.13. The van der Waals surface area contributed by atoms with E-state index in [0.717, 1.165) is 16.6 Å². The number of carbonyl (C=O) groups is 1. The summed E-state index contributed by atoms with van der Waals surface area (Å²) in [5.41, 5.74) is 0.836. The molecule has 0 amide bonds. The van der Waals surface area contributed by atoms with E-state index in [1.54, 1.807) is 12.1 Å². The van der Waals surface area contributed by atoms with Crippen molar-refractivity contribution in [3.8, 4) is 16.9 Å². The summed E-state index contributed by atoms with van der Waals surface area (Å²) in [6.45, 7) is 1.82. The van der Waals surface area contributed by atoms with Crippen molar-refractivity contribution in [2.45, 2.75) is 11.8 Å². The third-order valence-electron chi connectivity index (χ3n) is 4.46. The van der Waals surface area contributed by atoms with Crippen molar-refractivity contribution < 1.29 is 27.6 Å². The van der Waals surface area contributed by atoms with Gasteiger partial charge in [0.15, 0.2) is 0 Å². The molecule has 30 heavy (non-hydrogen) atoms. The van der Waals surface area contributed by atoms with Crippen LogP contribution < -0.4 is 4.74 Å². The lowest BCUT2D eigenvalue weighted by Crippen LogP contribution is -2.18. The zero-order valence-electron chi connectivity index (χ0n) is 16.4. The maximum atomic E-state index is 13.2. The van der Waals surface area contributed by atoms with Crippen molar-refractivity contribution >= 4 is 21.7 Å². The molecule has 9 nitrogen and oxygen atoms in total. The molecule has 3 aromatic rings. The Morgan fingerprint density at radius 1 is 1.10 bits per heavy atom. The minimum absolute atomic E-state index is 0.0218. The second-order valence-corrected chi connectivity index (χ2v) is 8.15. The first-order chi connectivity index (χ1) is 14.2. The summed E-state index contributed by atoms with van der Waals surface area (Å²) in [7, 11) is -1.73. The number of benzene rings is 2. The smallest absolute Gasteiger partial charge is 0.355 e. The highest BCUT2D eigenvalue weighted by Gasteiger charge is 2.27. The van der Waals surface area contributed by atoms with Crippen LogP contribution in [0.25, 0.3) is 11.1 Å². The van der Waals surface area contributed by atoms with E-state index in [1.807, 2.05) is 6.92 Å². The number of hydrogen-bond donors (Lipinski definition) is 0. The van der Waals surface area contributed by atoms with Crippen molar-refractivity contribution in [1.82, 2.24) is 3.97 Å². The molecule has 0 N–H and O–H groups in total. The summed E-state index contributed by atoms with van der Waals surface area (Å²) in [6.07, 6.45) is 1.21. The molecular formula is C20H18N2O7S. The van der Waals surface area contributed by atoms with Gasteiger partial charge in [0.1, 0.15) is 5.69 Å². The monoisotopic (exact) mass is 430 g/mol. The summed E-state index contributed by atoms with van der Waals surface area (Å²) < 4.78 is 37.1. The highest BCUT2D eigenvalue weighted by atomic mass is 32.2. The van der Waals surface area contributed by atoms with Crippen LogP contribution in [0.2, 0.25) is 0 Å². The molecule has 0 aliphatic carbocycles. The van der Waals surface area contributed by atoms with Crippen molar-refractivity contribution in [3.63, 3.8) is 0 Å². The van der Waals surface area contributed by atoms with E-state index in [1.165, 1.54) is 49.7 Å². The Hall–Kier alpha value is -3.66. The van der Waals surface area contributed by atoms with Gasteiger partial charge in [-0.2, -0.15) is 0 Å². The summed E-state index contributed by atoms with van der Waals surface area (Å²) in [4.78, 5) is 23.0. The van der Waals surface area contributed by atoms with Gasteiger partial charge < -0.3 is 9.47 Å². The molecule has 0 saturated heterocycles. The van der Waals surface area contributed by atoms with Gasteiger partial charge in [0.25, 0.3) is 10.0 Å². The van der Waals surface area contributed by atoms with Gasteiger partial charge in [0, 0.05) is 23.4 Å². The predicted octanol–water partition coefficient (Wildman–Crippen LogP) is 3.40. The number of nitrogens with zero attached hydrogens (tertiary/aromatic N) is 2. The second kappa shape index (κ2) is 7.99. The number of nitro groups is 1. The van der Waals surface area contributed by atoms with Crippen LogP contribution in [0, 0.1) is 17.0 Å². The van der Waals surface area contributed by atoms with Gasteiger partial charge in [-0.15, -0.1) is 0 Å². The Kier molecular flexibility index (Phi) is 5.61. The number of aromatic nitrogens is 1. The number of nitro benzene ring substituents is 1. The SMILES string of the molecule is COC(=O)c1cc(-c2cccc([N+](=O)[O-])c2OC)cn1S(=O)(=O)c1ccc(C)cc1. The van der Waals surface area contributed by atoms with Crippen LogP contribution in [0.15, 0.2) is 59.6 Å². The van der Waals surface area contributed by atoms with E-state index >= 15 is 0 Å². The lowest BCUT2D eigenvalue weighted by Gasteiger charge is -2.09. The van der Waals surface area contributed by atoms with Gasteiger partial charge in [0.05, 0.1) is 24.0 Å². The lowest BCUT2D eigenvalue weighted by atomic mass is 10.1. The van der Waals surface area contributed by atoms with Crippen molar-refractivity contribution in [2.75, 3.05) is 14.2 Å². The number of para-hydroxylation sites is 1. The molecule has 0 saturated carbocycles. The second-order valence-electron chi connectivity index (χ2n) is 6.33. The summed E-state index contributed by atoms with van der Waals surface area (Å²) in [5, 5.41) is 11.3. The van der Waals surface area contributed by atoms with Crippen LogP contribution >= 0.6 is 0 Å². The van der Waals surface area contributed by atoms with Crippen LogP contribution in [0.5, 0.6) is 5.75 Å². The van der Waals surface area contributed by atoms with E-state index < -0.39 is 20.9 Å². The number of esters is 1. The van der Waals surface area contributed by atoms with Crippen molar-refractivity contribution in [3.05, 3.63) is 76.1 Å². The number of carbonyl (C=O) groups excluding carboxylic acids is 1. The standard InChI is InChI=1S/C20H18N2O7S/c1-13-7-9-15(10-8-13)30(26,27)21-12-14(11-18(21)20(23)29-3)16-5-4-6-17(22(24)25)19(16)28-2/h4-12H,1-3H3. The van der Waals surface area contributed by atoms with Crippen molar-refractivity contribution in [2.24, 2.45) is 0 Å². The van der Waals surface area contributed by atoms with Crippen LogP contribution in [0.3, 0.4) is 0 Å². The number of ether oxygens (including phenoxy) is 2. The normalized spacial score (nSPS) is 11.2. The van der Waals surface area contributed by atoms with E-state index in [2.05, 4.69) is 0 Å². The maximum Gasteiger partial charge on any atom is 0.355 e. The van der Waals surface area contributed by atoms with Gasteiger partial charge in [-0.3, -0.25) is 10.1 Å². The Labute approximate surface area is 172 Å². The van der Waals surface area contributed by atoms with Crippen LogP contribution in [0.1, 0.15) is 16.1 Å². The molecule has 10 heteroatoms. The Bertz CT molecular complexity index is 1230. The Balaban J connectivity index is 2.26. The summed E-state index contributed by atoms with van der Waals surface area (Å²) >= 11 is 0. The fourth-order valence-electron chi connectivity index (χ4n) is 2.98.